The Hall–Kier alpha value is -2.34. The molecule has 0 unspecified atom stereocenters. The van der Waals surface area contributed by atoms with Crippen molar-refractivity contribution in [2.75, 3.05) is 17.7 Å². The molecule has 2 rings (SSSR count). The van der Waals surface area contributed by atoms with Gasteiger partial charge in [-0.25, -0.2) is 0 Å². The summed E-state index contributed by atoms with van der Waals surface area (Å²) in [5, 5.41) is 10.7. The van der Waals surface area contributed by atoms with Gasteiger partial charge in [-0.2, -0.15) is 0 Å². The number of benzene rings is 2. The summed E-state index contributed by atoms with van der Waals surface area (Å²) in [6.07, 6.45) is 0. The van der Waals surface area contributed by atoms with Crippen LogP contribution in [0.4, 0.5) is 11.4 Å². The Morgan fingerprint density at radius 3 is 2.43 bits per heavy atom. The Morgan fingerprint density at radius 1 is 1.17 bits per heavy atom. The van der Waals surface area contributed by atoms with Gasteiger partial charge in [0.25, 0.3) is 5.69 Å². The number of carbonyl (C=O) groups is 1. The normalized spacial score (nSPS) is 10.4. The molecule has 0 aromatic heterocycles. The van der Waals surface area contributed by atoms with Crippen LogP contribution in [0.25, 0.3) is 0 Å². The summed E-state index contributed by atoms with van der Waals surface area (Å²) >= 11 is 1.50. The molecule has 0 heterocycles. The average molecular weight is 330 g/mol. The van der Waals surface area contributed by atoms with Gasteiger partial charge in [-0.1, -0.05) is 17.7 Å². The molecular formula is C17H18N2O3S. The van der Waals surface area contributed by atoms with Gasteiger partial charge < -0.3 is 4.90 Å². The third-order valence-electron chi connectivity index (χ3n) is 3.52. The zero-order valence-electron chi connectivity index (χ0n) is 13.3. The molecule has 2 aromatic rings. The molecule has 0 aliphatic carbocycles. The maximum Gasteiger partial charge on any atom is 0.269 e. The van der Waals surface area contributed by atoms with Crippen molar-refractivity contribution in [3.05, 3.63) is 63.7 Å². The fraction of sp³-hybridized carbons (Fsp3) is 0.235. The molecule has 2 aromatic carbocycles. The molecule has 0 bridgehead atoms. The van der Waals surface area contributed by atoms with Crippen LogP contribution in [0.5, 0.6) is 0 Å². The van der Waals surface area contributed by atoms with E-state index in [9.17, 15) is 14.9 Å². The van der Waals surface area contributed by atoms with Crippen LogP contribution in [0.2, 0.25) is 0 Å². The average Bonchev–Trinajstić information content (AvgIpc) is 2.54. The van der Waals surface area contributed by atoms with Crippen molar-refractivity contribution >= 4 is 29.0 Å². The van der Waals surface area contributed by atoms with Crippen molar-refractivity contribution in [3.63, 3.8) is 0 Å². The number of non-ortho nitro benzene ring substituents is 1. The topological polar surface area (TPSA) is 63.5 Å². The molecule has 0 N–H and O–H groups in total. The zero-order valence-corrected chi connectivity index (χ0v) is 14.1. The lowest BCUT2D eigenvalue weighted by molar-refractivity contribution is -0.384. The molecule has 120 valence electrons. The SMILES string of the molecule is Cc1ccc(C)c(SCC(=O)N(C)c2ccc([N+](=O)[O-])cc2)c1. The van der Waals surface area contributed by atoms with Crippen LogP contribution < -0.4 is 4.90 Å². The highest BCUT2D eigenvalue weighted by atomic mass is 32.2. The lowest BCUT2D eigenvalue weighted by Crippen LogP contribution is -2.27. The number of carbonyl (C=O) groups excluding carboxylic acids is 1. The van der Waals surface area contributed by atoms with E-state index in [0.29, 0.717) is 11.4 Å². The Kier molecular flexibility index (Phi) is 5.39. The second-order valence-corrected chi connectivity index (χ2v) is 6.30. The zero-order chi connectivity index (χ0) is 17.0. The summed E-state index contributed by atoms with van der Waals surface area (Å²) in [5.74, 6) is 0.266. The van der Waals surface area contributed by atoms with Crippen LogP contribution in [0, 0.1) is 24.0 Å². The number of nitro benzene ring substituents is 1. The Balaban J connectivity index is 2.02. The Bertz CT molecular complexity index is 729. The summed E-state index contributed by atoms with van der Waals surface area (Å²) < 4.78 is 0. The Labute approximate surface area is 139 Å². The summed E-state index contributed by atoms with van der Waals surface area (Å²) in [6, 6.07) is 12.1. The van der Waals surface area contributed by atoms with Crippen molar-refractivity contribution in [2.24, 2.45) is 0 Å². The van der Waals surface area contributed by atoms with E-state index in [4.69, 9.17) is 0 Å². The lowest BCUT2D eigenvalue weighted by Gasteiger charge is -2.17. The highest BCUT2D eigenvalue weighted by Gasteiger charge is 2.13. The third-order valence-corrected chi connectivity index (χ3v) is 4.66. The maximum atomic E-state index is 12.3. The first-order chi connectivity index (χ1) is 10.9. The number of thioether (sulfide) groups is 1. The standard InChI is InChI=1S/C17H18N2O3S/c1-12-4-5-13(2)16(10-12)23-11-17(20)18(3)14-6-8-15(9-7-14)19(21)22/h4-10H,11H2,1-3H3. The number of nitrogens with zero attached hydrogens (tertiary/aromatic N) is 2. The van der Waals surface area contributed by atoms with E-state index in [2.05, 4.69) is 6.07 Å². The predicted octanol–water partition coefficient (Wildman–Crippen LogP) is 3.97. The van der Waals surface area contributed by atoms with Gasteiger partial charge in [-0.05, 0) is 37.6 Å². The molecule has 23 heavy (non-hydrogen) atoms. The third kappa shape index (κ3) is 4.32. The Morgan fingerprint density at radius 2 is 1.83 bits per heavy atom. The molecule has 0 aliphatic rings. The highest BCUT2D eigenvalue weighted by molar-refractivity contribution is 8.00. The summed E-state index contributed by atoms with van der Waals surface area (Å²) in [6.45, 7) is 4.04. The molecule has 0 aliphatic heterocycles. The van der Waals surface area contributed by atoms with Gasteiger partial charge in [-0.15, -0.1) is 11.8 Å². The minimum absolute atomic E-state index is 0.0133. The number of anilines is 1. The van der Waals surface area contributed by atoms with Crippen molar-refractivity contribution in [1.82, 2.24) is 0 Å². The van der Waals surface area contributed by atoms with E-state index in [1.165, 1.54) is 28.8 Å². The van der Waals surface area contributed by atoms with E-state index in [-0.39, 0.29) is 11.6 Å². The molecule has 5 nitrogen and oxygen atoms in total. The van der Waals surface area contributed by atoms with Crippen LogP contribution in [0.3, 0.4) is 0 Å². The number of rotatable bonds is 5. The number of amides is 1. The predicted molar refractivity (Wildman–Crippen MR) is 93.1 cm³/mol. The van der Waals surface area contributed by atoms with Gasteiger partial charge in [0.05, 0.1) is 10.7 Å². The fourth-order valence-electron chi connectivity index (χ4n) is 2.04. The highest BCUT2D eigenvalue weighted by Crippen LogP contribution is 2.25. The van der Waals surface area contributed by atoms with Crippen LogP contribution >= 0.6 is 11.8 Å². The molecule has 0 fully saturated rings. The molecule has 0 spiro atoms. The van der Waals surface area contributed by atoms with Crippen molar-refractivity contribution in [2.45, 2.75) is 18.7 Å². The molecule has 0 atom stereocenters. The molecule has 6 heteroatoms. The van der Waals surface area contributed by atoms with Crippen molar-refractivity contribution in [3.8, 4) is 0 Å². The van der Waals surface area contributed by atoms with Gasteiger partial charge in [0.2, 0.25) is 5.91 Å². The van der Waals surface area contributed by atoms with Crippen LogP contribution in [0.15, 0.2) is 47.4 Å². The van der Waals surface area contributed by atoms with E-state index in [0.717, 1.165) is 16.0 Å². The monoisotopic (exact) mass is 330 g/mol. The smallest absolute Gasteiger partial charge is 0.269 e. The van der Waals surface area contributed by atoms with E-state index in [1.54, 1.807) is 19.2 Å². The molecule has 0 saturated heterocycles. The molecular weight excluding hydrogens is 312 g/mol. The van der Waals surface area contributed by atoms with E-state index < -0.39 is 4.92 Å². The van der Waals surface area contributed by atoms with Gasteiger partial charge in [0.15, 0.2) is 0 Å². The van der Waals surface area contributed by atoms with Crippen LogP contribution in [0.1, 0.15) is 11.1 Å². The van der Waals surface area contributed by atoms with Gasteiger partial charge in [0.1, 0.15) is 0 Å². The first-order valence-corrected chi connectivity index (χ1v) is 8.08. The number of nitro groups is 1. The van der Waals surface area contributed by atoms with Crippen LogP contribution in [-0.2, 0) is 4.79 Å². The minimum atomic E-state index is -0.456. The van der Waals surface area contributed by atoms with E-state index in [1.807, 2.05) is 26.0 Å². The van der Waals surface area contributed by atoms with Gasteiger partial charge >= 0.3 is 0 Å². The minimum Gasteiger partial charge on any atom is -0.315 e. The second-order valence-electron chi connectivity index (χ2n) is 5.28. The second kappa shape index (κ2) is 7.28. The van der Waals surface area contributed by atoms with Crippen molar-refractivity contribution < 1.29 is 9.72 Å². The number of aryl methyl sites for hydroxylation is 2. The van der Waals surface area contributed by atoms with E-state index >= 15 is 0 Å². The first kappa shape index (κ1) is 17.0. The van der Waals surface area contributed by atoms with Gasteiger partial charge in [0, 0.05) is 29.8 Å². The first-order valence-electron chi connectivity index (χ1n) is 7.09. The van der Waals surface area contributed by atoms with Crippen molar-refractivity contribution in [1.29, 1.82) is 0 Å². The summed E-state index contributed by atoms with van der Waals surface area (Å²) in [4.78, 5) is 25.1. The molecule has 0 radical (unpaired) electrons. The molecule has 0 saturated carbocycles. The summed E-state index contributed by atoms with van der Waals surface area (Å²) in [5.41, 5.74) is 2.96. The lowest BCUT2D eigenvalue weighted by atomic mass is 10.2. The molecule has 1 amide bonds. The number of hydrogen-bond donors (Lipinski definition) is 0. The quantitative estimate of drug-likeness (QED) is 0.473. The van der Waals surface area contributed by atoms with Crippen LogP contribution in [-0.4, -0.2) is 23.6 Å². The largest absolute Gasteiger partial charge is 0.315 e. The maximum absolute atomic E-state index is 12.3. The fourth-order valence-corrected chi connectivity index (χ4v) is 3.08. The van der Waals surface area contributed by atoms with Gasteiger partial charge in [-0.3, -0.25) is 14.9 Å². The summed E-state index contributed by atoms with van der Waals surface area (Å²) in [7, 11) is 1.67. The number of hydrogen-bond acceptors (Lipinski definition) is 4.